The summed E-state index contributed by atoms with van der Waals surface area (Å²) in [4.78, 5) is 14.0. The normalized spacial score (nSPS) is 20.7. The third-order valence-corrected chi connectivity index (χ3v) is 6.91. The van der Waals surface area contributed by atoms with Crippen molar-refractivity contribution in [3.8, 4) is 0 Å². The molecule has 1 aliphatic carbocycles. The molecule has 4 rings (SSSR count). The van der Waals surface area contributed by atoms with Gasteiger partial charge in [-0.15, -0.1) is 11.8 Å². The van der Waals surface area contributed by atoms with Crippen LogP contribution in [0.2, 0.25) is 0 Å². The van der Waals surface area contributed by atoms with Crippen LogP contribution in [0.1, 0.15) is 61.8 Å². The van der Waals surface area contributed by atoms with E-state index in [1.54, 1.807) is 11.8 Å². The van der Waals surface area contributed by atoms with Crippen molar-refractivity contribution >= 4 is 23.2 Å². The minimum absolute atomic E-state index is 0.0694. The van der Waals surface area contributed by atoms with Gasteiger partial charge >= 0.3 is 0 Å². The molecule has 1 aliphatic heterocycles. The number of carbonyl (C=O) groups excluding carboxylic acids is 1. The average molecular weight is 364 g/mol. The van der Waals surface area contributed by atoms with Crippen LogP contribution < -0.4 is 5.32 Å². The molecule has 0 fully saturated rings. The van der Waals surface area contributed by atoms with E-state index in [0.717, 1.165) is 36.2 Å². The van der Waals surface area contributed by atoms with Gasteiger partial charge in [-0.25, -0.2) is 0 Å². The molecule has 2 aromatic carbocycles. The van der Waals surface area contributed by atoms with Crippen LogP contribution in [-0.4, -0.2) is 5.78 Å². The van der Waals surface area contributed by atoms with E-state index in [4.69, 9.17) is 0 Å². The molecule has 0 radical (unpaired) electrons. The molecule has 1 N–H and O–H groups in total. The zero-order chi connectivity index (χ0) is 18.1. The first kappa shape index (κ1) is 17.4. The van der Waals surface area contributed by atoms with Gasteiger partial charge in [-0.1, -0.05) is 50.2 Å². The van der Waals surface area contributed by atoms with E-state index in [2.05, 4.69) is 67.7 Å². The lowest BCUT2D eigenvalue weighted by Crippen LogP contribution is -2.19. The second kappa shape index (κ2) is 7.32. The highest BCUT2D eigenvalue weighted by Gasteiger charge is 2.32. The Labute approximate surface area is 160 Å². The standard InChI is InChI=1S/C23H25NOS/c1-3-15(2)16-11-13-17(14-12-16)23-22-19(8-6-9-20(22)25)24-18-7-4-5-10-21(18)26-23/h4-5,7,10-15,23-24H,3,6,8-9H2,1-2H3/t15-,23-/m0/s1. The fraction of sp³-hybridized carbons (Fsp3) is 0.348. The van der Waals surface area contributed by atoms with Gasteiger partial charge in [0.1, 0.15) is 0 Å². The molecule has 2 atom stereocenters. The molecule has 0 amide bonds. The first-order chi connectivity index (χ1) is 12.7. The van der Waals surface area contributed by atoms with Gasteiger partial charge in [-0.2, -0.15) is 0 Å². The average Bonchev–Trinajstić information content (AvgIpc) is 2.85. The Balaban J connectivity index is 1.78. The van der Waals surface area contributed by atoms with Crippen molar-refractivity contribution in [1.29, 1.82) is 0 Å². The van der Waals surface area contributed by atoms with Gasteiger partial charge in [-0.05, 0) is 48.4 Å². The zero-order valence-electron chi connectivity index (χ0n) is 15.4. The fourth-order valence-electron chi connectivity index (χ4n) is 3.79. The molecule has 0 saturated heterocycles. The maximum Gasteiger partial charge on any atom is 0.162 e. The highest BCUT2D eigenvalue weighted by atomic mass is 32.2. The Hall–Kier alpha value is -2.00. The monoisotopic (exact) mass is 363 g/mol. The number of para-hydroxylation sites is 1. The van der Waals surface area contributed by atoms with E-state index < -0.39 is 0 Å². The smallest absolute Gasteiger partial charge is 0.162 e. The molecule has 0 bridgehead atoms. The largest absolute Gasteiger partial charge is 0.358 e. The predicted molar refractivity (Wildman–Crippen MR) is 110 cm³/mol. The molecular formula is C23H25NOS. The Bertz CT molecular complexity index is 853. The maximum absolute atomic E-state index is 12.8. The van der Waals surface area contributed by atoms with Gasteiger partial charge in [-0.3, -0.25) is 4.79 Å². The zero-order valence-corrected chi connectivity index (χ0v) is 16.2. The van der Waals surface area contributed by atoms with Crippen molar-refractivity contribution < 1.29 is 4.79 Å². The molecule has 134 valence electrons. The summed E-state index contributed by atoms with van der Waals surface area (Å²) in [6, 6.07) is 17.3. The number of hydrogen-bond donors (Lipinski definition) is 1. The summed E-state index contributed by atoms with van der Waals surface area (Å²) in [6.07, 6.45) is 3.70. The van der Waals surface area contributed by atoms with Crippen LogP contribution in [-0.2, 0) is 4.79 Å². The highest BCUT2D eigenvalue weighted by Crippen LogP contribution is 2.49. The van der Waals surface area contributed by atoms with Crippen molar-refractivity contribution in [2.45, 2.75) is 55.6 Å². The predicted octanol–water partition coefficient (Wildman–Crippen LogP) is 6.47. The number of nitrogens with one attached hydrogen (secondary N) is 1. The molecule has 0 saturated carbocycles. The first-order valence-electron chi connectivity index (χ1n) is 9.56. The Morgan fingerprint density at radius 1 is 1.12 bits per heavy atom. The summed E-state index contributed by atoms with van der Waals surface area (Å²) < 4.78 is 0. The van der Waals surface area contributed by atoms with E-state index >= 15 is 0 Å². The number of benzene rings is 2. The molecule has 26 heavy (non-hydrogen) atoms. The van der Waals surface area contributed by atoms with Gasteiger partial charge < -0.3 is 5.32 Å². The fourth-order valence-corrected chi connectivity index (χ4v) is 5.13. The lowest BCUT2D eigenvalue weighted by atomic mass is 9.89. The minimum Gasteiger partial charge on any atom is -0.358 e. The van der Waals surface area contributed by atoms with Crippen LogP contribution in [0.4, 0.5) is 5.69 Å². The number of rotatable bonds is 3. The van der Waals surface area contributed by atoms with E-state index in [-0.39, 0.29) is 5.25 Å². The van der Waals surface area contributed by atoms with Gasteiger partial charge in [0, 0.05) is 22.6 Å². The Kier molecular flexibility index (Phi) is 4.90. The van der Waals surface area contributed by atoms with Crippen molar-refractivity contribution in [3.05, 3.63) is 70.9 Å². The maximum atomic E-state index is 12.8. The molecule has 1 heterocycles. The molecule has 0 spiro atoms. The lowest BCUT2D eigenvalue weighted by molar-refractivity contribution is -0.116. The summed E-state index contributed by atoms with van der Waals surface area (Å²) in [7, 11) is 0. The Morgan fingerprint density at radius 3 is 2.65 bits per heavy atom. The minimum atomic E-state index is 0.0694. The van der Waals surface area contributed by atoms with E-state index in [9.17, 15) is 4.79 Å². The molecule has 0 aromatic heterocycles. The summed E-state index contributed by atoms with van der Waals surface area (Å²) >= 11 is 1.80. The summed E-state index contributed by atoms with van der Waals surface area (Å²) in [5.74, 6) is 0.870. The summed E-state index contributed by atoms with van der Waals surface area (Å²) in [6.45, 7) is 4.49. The molecule has 2 aliphatic rings. The van der Waals surface area contributed by atoms with Crippen molar-refractivity contribution in [2.24, 2.45) is 0 Å². The van der Waals surface area contributed by atoms with Crippen LogP contribution in [0.15, 0.2) is 64.7 Å². The molecule has 2 nitrogen and oxygen atoms in total. The first-order valence-corrected chi connectivity index (χ1v) is 10.4. The summed E-state index contributed by atoms with van der Waals surface area (Å²) in [5, 5.41) is 3.64. The summed E-state index contributed by atoms with van der Waals surface area (Å²) in [5.41, 5.74) is 5.82. The van der Waals surface area contributed by atoms with Gasteiger partial charge in [0.2, 0.25) is 0 Å². The van der Waals surface area contributed by atoms with Crippen LogP contribution >= 0.6 is 11.8 Å². The van der Waals surface area contributed by atoms with Crippen LogP contribution in [0.5, 0.6) is 0 Å². The number of fused-ring (bicyclic) bond motifs is 1. The van der Waals surface area contributed by atoms with Crippen LogP contribution in [0.25, 0.3) is 0 Å². The third kappa shape index (κ3) is 3.21. The second-order valence-corrected chi connectivity index (χ2v) is 8.41. The van der Waals surface area contributed by atoms with Gasteiger partial charge in [0.05, 0.1) is 10.9 Å². The SMILES string of the molecule is CC[C@H](C)c1ccc([C@@H]2Sc3ccccc3NC3=C2C(=O)CCC3)cc1. The molecular weight excluding hydrogens is 338 g/mol. The number of thioether (sulfide) groups is 1. The van der Waals surface area contributed by atoms with Crippen molar-refractivity contribution in [2.75, 3.05) is 5.32 Å². The van der Waals surface area contributed by atoms with Crippen LogP contribution in [0, 0.1) is 0 Å². The number of allylic oxidation sites excluding steroid dienone is 1. The number of carbonyl (C=O) groups is 1. The quantitative estimate of drug-likeness (QED) is 0.678. The molecule has 2 aromatic rings. The molecule has 0 unspecified atom stereocenters. The highest BCUT2D eigenvalue weighted by molar-refractivity contribution is 8.00. The van der Waals surface area contributed by atoms with Gasteiger partial charge in [0.15, 0.2) is 5.78 Å². The number of ketones is 1. The number of Topliss-reactive ketones (excluding diaryl/α,β-unsaturated/α-hetero) is 1. The second-order valence-electron chi connectivity index (χ2n) is 7.26. The Morgan fingerprint density at radius 2 is 1.88 bits per heavy atom. The van der Waals surface area contributed by atoms with Crippen molar-refractivity contribution in [3.63, 3.8) is 0 Å². The van der Waals surface area contributed by atoms with E-state index in [1.807, 2.05) is 0 Å². The topological polar surface area (TPSA) is 29.1 Å². The number of hydrogen-bond acceptors (Lipinski definition) is 3. The number of anilines is 1. The molecule has 3 heteroatoms. The van der Waals surface area contributed by atoms with Crippen LogP contribution in [0.3, 0.4) is 0 Å². The third-order valence-electron chi connectivity index (χ3n) is 5.56. The van der Waals surface area contributed by atoms with E-state index in [0.29, 0.717) is 18.1 Å². The lowest BCUT2D eigenvalue weighted by Gasteiger charge is -2.24. The van der Waals surface area contributed by atoms with Crippen molar-refractivity contribution in [1.82, 2.24) is 0 Å². The van der Waals surface area contributed by atoms with Gasteiger partial charge in [0.25, 0.3) is 0 Å². The van der Waals surface area contributed by atoms with E-state index in [1.165, 1.54) is 16.0 Å².